The second kappa shape index (κ2) is 5.35. The molecule has 1 saturated carbocycles. The highest BCUT2D eigenvalue weighted by Gasteiger charge is 2.20. The van der Waals surface area contributed by atoms with Crippen LogP contribution in [-0.4, -0.2) is 12.6 Å². The lowest BCUT2D eigenvalue weighted by Gasteiger charge is -2.26. The monoisotopic (exact) mass is 219 g/mol. The molecule has 2 heteroatoms. The van der Waals surface area contributed by atoms with Crippen LogP contribution in [0.15, 0.2) is 24.3 Å². The summed E-state index contributed by atoms with van der Waals surface area (Å²) in [5.41, 5.74) is 7.43. The zero-order valence-corrected chi connectivity index (χ0v) is 9.99. The first-order chi connectivity index (χ1) is 7.79. The second-order valence-corrected chi connectivity index (χ2v) is 4.63. The number of rotatable bonds is 3. The average Bonchev–Trinajstić information content (AvgIpc) is 2.30. The van der Waals surface area contributed by atoms with Crippen LogP contribution in [0.25, 0.3) is 0 Å². The van der Waals surface area contributed by atoms with Crippen molar-refractivity contribution in [1.82, 2.24) is 0 Å². The lowest BCUT2D eigenvalue weighted by molar-refractivity contribution is 0.339. The maximum Gasteiger partial charge on any atom is 0.119 e. The molecule has 2 unspecified atom stereocenters. The highest BCUT2D eigenvalue weighted by molar-refractivity contribution is 5.29. The molecular weight excluding hydrogens is 198 g/mol. The second-order valence-electron chi connectivity index (χ2n) is 4.63. The largest absolute Gasteiger partial charge is 0.494 e. The minimum atomic E-state index is 0.394. The number of ether oxygens (including phenoxy) is 1. The third-order valence-corrected chi connectivity index (χ3v) is 3.38. The van der Waals surface area contributed by atoms with E-state index >= 15 is 0 Å². The van der Waals surface area contributed by atoms with Gasteiger partial charge in [-0.15, -0.1) is 0 Å². The van der Waals surface area contributed by atoms with Gasteiger partial charge in [-0.2, -0.15) is 0 Å². The van der Waals surface area contributed by atoms with E-state index in [0.717, 1.165) is 18.8 Å². The first kappa shape index (κ1) is 11.5. The molecule has 1 aromatic carbocycles. The summed E-state index contributed by atoms with van der Waals surface area (Å²) in [6.45, 7) is 2.74. The van der Waals surface area contributed by atoms with Crippen molar-refractivity contribution in [2.45, 2.75) is 44.6 Å². The molecule has 2 N–H and O–H groups in total. The van der Waals surface area contributed by atoms with E-state index in [0.29, 0.717) is 12.0 Å². The average molecular weight is 219 g/mol. The van der Waals surface area contributed by atoms with Crippen molar-refractivity contribution in [3.63, 3.8) is 0 Å². The van der Waals surface area contributed by atoms with Gasteiger partial charge in [0.25, 0.3) is 0 Å². The van der Waals surface area contributed by atoms with Gasteiger partial charge < -0.3 is 10.5 Å². The van der Waals surface area contributed by atoms with Gasteiger partial charge in [0.1, 0.15) is 5.75 Å². The number of benzene rings is 1. The SMILES string of the molecule is CCOc1ccc(C2CCCC(N)C2)cc1. The molecule has 1 aliphatic carbocycles. The minimum absolute atomic E-state index is 0.394. The van der Waals surface area contributed by atoms with Gasteiger partial charge in [-0.1, -0.05) is 18.6 Å². The fourth-order valence-corrected chi connectivity index (χ4v) is 2.53. The van der Waals surface area contributed by atoms with Crippen molar-refractivity contribution in [3.8, 4) is 5.75 Å². The Morgan fingerprint density at radius 1 is 1.25 bits per heavy atom. The normalized spacial score (nSPS) is 25.4. The van der Waals surface area contributed by atoms with Crippen LogP contribution in [0.1, 0.15) is 44.1 Å². The molecule has 0 amide bonds. The first-order valence-electron chi connectivity index (χ1n) is 6.28. The van der Waals surface area contributed by atoms with Crippen LogP contribution >= 0.6 is 0 Å². The molecule has 2 nitrogen and oxygen atoms in total. The molecule has 0 aromatic heterocycles. The fraction of sp³-hybridized carbons (Fsp3) is 0.571. The van der Waals surface area contributed by atoms with E-state index in [4.69, 9.17) is 10.5 Å². The number of hydrogen-bond acceptors (Lipinski definition) is 2. The van der Waals surface area contributed by atoms with Crippen LogP contribution in [0.5, 0.6) is 5.75 Å². The molecule has 88 valence electrons. The van der Waals surface area contributed by atoms with Gasteiger partial charge in [0.05, 0.1) is 6.61 Å². The minimum Gasteiger partial charge on any atom is -0.494 e. The van der Waals surface area contributed by atoms with E-state index in [2.05, 4.69) is 24.3 Å². The van der Waals surface area contributed by atoms with Crippen LogP contribution in [0, 0.1) is 0 Å². The molecule has 0 bridgehead atoms. The van der Waals surface area contributed by atoms with Crippen molar-refractivity contribution in [1.29, 1.82) is 0 Å². The van der Waals surface area contributed by atoms with Crippen LogP contribution in [0.3, 0.4) is 0 Å². The van der Waals surface area contributed by atoms with Gasteiger partial charge in [0.15, 0.2) is 0 Å². The standard InChI is InChI=1S/C14H21NO/c1-2-16-14-8-6-11(7-9-14)12-4-3-5-13(15)10-12/h6-9,12-13H,2-5,10,15H2,1H3. The van der Waals surface area contributed by atoms with Crippen molar-refractivity contribution in [2.75, 3.05) is 6.61 Å². The smallest absolute Gasteiger partial charge is 0.119 e. The quantitative estimate of drug-likeness (QED) is 0.848. The van der Waals surface area contributed by atoms with E-state index in [9.17, 15) is 0 Å². The van der Waals surface area contributed by atoms with Gasteiger partial charge >= 0.3 is 0 Å². The third-order valence-electron chi connectivity index (χ3n) is 3.38. The van der Waals surface area contributed by atoms with Crippen LogP contribution < -0.4 is 10.5 Å². The lowest BCUT2D eigenvalue weighted by Crippen LogP contribution is -2.26. The first-order valence-corrected chi connectivity index (χ1v) is 6.28. The van der Waals surface area contributed by atoms with Gasteiger partial charge in [-0.05, 0) is 49.8 Å². The maximum absolute atomic E-state index is 6.02. The molecule has 0 saturated heterocycles. The zero-order chi connectivity index (χ0) is 11.4. The van der Waals surface area contributed by atoms with E-state index in [-0.39, 0.29) is 0 Å². The Morgan fingerprint density at radius 3 is 2.62 bits per heavy atom. The van der Waals surface area contributed by atoms with Gasteiger partial charge in [0.2, 0.25) is 0 Å². The van der Waals surface area contributed by atoms with Crippen LogP contribution in [-0.2, 0) is 0 Å². The highest BCUT2D eigenvalue weighted by Crippen LogP contribution is 2.32. The van der Waals surface area contributed by atoms with E-state index in [1.807, 2.05) is 6.92 Å². The summed E-state index contributed by atoms with van der Waals surface area (Å²) in [6.07, 6.45) is 4.86. The molecule has 1 aromatic rings. The fourth-order valence-electron chi connectivity index (χ4n) is 2.53. The molecule has 1 fully saturated rings. The molecule has 0 spiro atoms. The van der Waals surface area contributed by atoms with E-state index in [1.54, 1.807) is 0 Å². The Balaban J connectivity index is 2.03. The molecule has 0 radical (unpaired) electrons. The summed E-state index contributed by atoms with van der Waals surface area (Å²) >= 11 is 0. The van der Waals surface area contributed by atoms with Crippen molar-refractivity contribution in [3.05, 3.63) is 29.8 Å². The Hall–Kier alpha value is -1.02. The molecule has 0 heterocycles. The van der Waals surface area contributed by atoms with Crippen molar-refractivity contribution >= 4 is 0 Å². The zero-order valence-electron chi connectivity index (χ0n) is 9.99. The summed E-state index contributed by atoms with van der Waals surface area (Å²) in [6, 6.07) is 8.91. The highest BCUT2D eigenvalue weighted by atomic mass is 16.5. The summed E-state index contributed by atoms with van der Waals surface area (Å²) in [7, 11) is 0. The maximum atomic E-state index is 6.02. The number of nitrogens with two attached hydrogens (primary N) is 1. The Kier molecular flexibility index (Phi) is 3.83. The molecule has 1 aliphatic rings. The Morgan fingerprint density at radius 2 is 2.00 bits per heavy atom. The molecule has 0 aliphatic heterocycles. The molecule has 2 rings (SSSR count). The van der Waals surface area contributed by atoms with Gasteiger partial charge in [-0.25, -0.2) is 0 Å². The van der Waals surface area contributed by atoms with E-state index in [1.165, 1.54) is 24.8 Å². The predicted octanol–water partition coefficient (Wildman–Crippen LogP) is 3.07. The van der Waals surface area contributed by atoms with Crippen molar-refractivity contribution < 1.29 is 4.74 Å². The topological polar surface area (TPSA) is 35.2 Å². The van der Waals surface area contributed by atoms with Crippen molar-refractivity contribution in [2.24, 2.45) is 5.73 Å². The predicted molar refractivity (Wildman–Crippen MR) is 66.8 cm³/mol. The van der Waals surface area contributed by atoms with E-state index < -0.39 is 0 Å². The molecular formula is C14H21NO. The lowest BCUT2D eigenvalue weighted by atomic mass is 9.82. The Labute approximate surface area is 97.8 Å². The Bertz CT molecular complexity index is 320. The molecule has 16 heavy (non-hydrogen) atoms. The third kappa shape index (κ3) is 2.76. The summed E-state index contributed by atoms with van der Waals surface area (Å²) in [4.78, 5) is 0. The summed E-state index contributed by atoms with van der Waals surface area (Å²) in [5.74, 6) is 1.62. The van der Waals surface area contributed by atoms with Crippen LogP contribution in [0.4, 0.5) is 0 Å². The van der Waals surface area contributed by atoms with Gasteiger partial charge in [0, 0.05) is 6.04 Å². The summed E-state index contributed by atoms with van der Waals surface area (Å²) < 4.78 is 5.44. The van der Waals surface area contributed by atoms with Crippen LogP contribution in [0.2, 0.25) is 0 Å². The number of hydrogen-bond donors (Lipinski definition) is 1. The van der Waals surface area contributed by atoms with Gasteiger partial charge in [-0.3, -0.25) is 0 Å². The molecule has 2 atom stereocenters. The summed E-state index contributed by atoms with van der Waals surface area (Å²) in [5, 5.41) is 0.